The van der Waals surface area contributed by atoms with E-state index in [9.17, 15) is 13.2 Å². The molecule has 0 aliphatic rings. The number of hydrogen-bond donors (Lipinski definition) is 2. The Balaban J connectivity index is 2.09. The molecule has 0 fully saturated rings. The molecule has 0 saturated heterocycles. The minimum atomic E-state index is -3.81. The molecule has 0 aliphatic carbocycles. The Morgan fingerprint density at radius 2 is 1.79 bits per heavy atom. The molecule has 1 amide bonds. The van der Waals surface area contributed by atoms with E-state index in [1.807, 2.05) is 13.0 Å². The van der Waals surface area contributed by atoms with E-state index in [1.54, 1.807) is 12.1 Å². The predicted molar refractivity (Wildman–Crippen MR) is 98.7 cm³/mol. The molecule has 0 aliphatic heterocycles. The quantitative estimate of drug-likeness (QED) is 0.757. The number of amides is 1. The van der Waals surface area contributed by atoms with Gasteiger partial charge in [0.15, 0.2) is 0 Å². The molecule has 128 valence electrons. The van der Waals surface area contributed by atoms with Crippen LogP contribution < -0.4 is 10.0 Å². The minimum absolute atomic E-state index is 0.0476. The normalized spacial score (nSPS) is 12.7. The summed E-state index contributed by atoms with van der Waals surface area (Å²) in [7, 11) is -3.81. The third-order valence-corrected chi connectivity index (χ3v) is 5.60. The zero-order valence-electron chi connectivity index (χ0n) is 13.0. The fourth-order valence-electron chi connectivity index (χ4n) is 1.98. The fourth-order valence-corrected chi connectivity index (χ4v) is 3.78. The first-order chi connectivity index (χ1) is 11.2. The fraction of sp³-hybridized carbons (Fsp3) is 0.188. The number of anilines is 1. The smallest absolute Gasteiger partial charge is 0.242 e. The van der Waals surface area contributed by atoms with Crippen LogP contribution in [0.4, 0.5) is 5.69 Å². The van der Waals surface area contributed by atoms with E-state index in [1.165, 1.54) is 31.2 Å². The molecule has 0 aromatic heterocycles. The lowest BCUT2D eigenvalue weighted by molar-refractivity contribution is -0.117. The van der Waals surface area contributed by atoms with Crippen molar-refractivity contribution in [2.24, 2.45) is 0 Å². The zero-order chi connectivity index (χ0) is 17.9. The van der Waals surface area contributed by atoms with Crippen LogP contribution in [-0.2, 0) is 14.8 Å². The number of nitrogens with one attached hydrogen (secondary N) is 2. The summed E-state index contributed by atoms with van der Waals surface area (Å²) in [6.07, 6.45) is 0. The van der Waals surface area contributed by atoms with Gasteiger partial charge < -0.3 is 5.32 Å². The molecule has 1 unspecified atom stereocenters. The van der Waals surface area contributed by atoms with E-state index in [-0.39, 0.29) is 4.90 Å². The maximum atomic E-state index is 12.3. The summed E-state index contributed by atoms with van der Waals surface area (Å²) in [6, 6.07) is 10.2. The molecule has 0 saturated carbocycles. The molecule has 24 heavy (non-hydrogen) atoms. The number of rotatable bonds is 5. The average Bonchev–Trinajstić information content (AvgIpc) is 2.50. The first kappa shape index (κ1) is 18.9. The highest BCUT2D eigenvalue weighted by atomic mass is 79.9. The maximum Gasteiger partial charge on any atom is 0.242 e. The highest BCUT2D eigenvalue weighted by Gasteiger charge is 2.22. The first-order valence-corrected chi connectivity index (χ1v) is 9.69. The summed E-state index contributed by atoms with van der Waals surface area (Å²) >= 11 is 9.10. The first-order valence-electron chi connectivity index (χ1n) is 7.04. The molecule has 8 heteroatoms. The van der Waals surface area contributed by atoms with E-state index >= 15 is 0 Å². The molecule has 0 heterocycles. The number of sulfonamides is 1. The third-order valence-electron chi connectivity index (χ3n) is 3.30. The van der Waals surface area contributed by atoms with Crippen LogP contribution >= 0.6 is 27.5 Å². The second-order valence-corrected chi connectivity index (χ2v) is 8.31. The predicted octanol–water partition coefficient (Wildman–Crippen LogP) is 3.72. The molecular weight excluding hydrogens is 416 g/mol. The van der Waals surface area contributed by atoms with Crippen LogP contribution in [0, 0.1) is 6.92 Å². The average molecular weight is 432 g/mol. The molecule has 0 bridgehead atoms. The van der Waals surface area contributed by atoms with Crippen LogP contribution in [0.15, 0.2) is 51.8 Å². The van der Waals surface area contributed by atoms with Crippen molar-refractivity contribution in [2.75, 3.05) is 5.32 Å². The Morgan fingerprint density at radius 1 is 1.17 bits per heavy atom. The molecule has 5 nitrogen and oxygen atoms in total. The van der Waals surface area contributed by atoms with Crippen molar-refractivity contribution in [3.63, 3.8) is 0 Å². The van der Waals surface area contributed by atoms with Gasteiger partial charge in [-0.25, -0.2) is 8.42 Å². The van der Waals surface area contributed by atoms with E-state index in [0.29, 0.717) is 10.7 Å². The molecule has 2 aromatic rings. The van der Waals surface area contributed by atoms with Crippen molar-refractivity contribution in [2.45, 2.75) is 24.8 Å². The number of hydrogen-bond acceptors (Lipinski definition) is 3. The Bertz CT molecular complexity index is 854. The second kappa shape index (κ2) is 7.65. The summed E-state index contributed by atoms with van der Waals surface area (Å²) in [5.41, 5.74) is 1.49. The van der Waals surface area contributed by atoms with Gasteiger partial charge in [-0.1, -0.05) is 27.5 Å². The van der Waals surface area contributed by atoms with E-state index in [2.05, 4.69) is 26.0 Å². The topological polar surface area (TPSA) is 75.3 Å². The molecule has 2 aromatic carbocycles. The lowest BCUT2D eigenvalue weighted by Gasteiger charge is -2.15. The Hall–Kier alpha value is -1.41. The molecule has 1 atom stereocenters. The highest BCUT2D eigenvalue weighted by molar-refractivity contribution is 9.10. The van der Waals surface area contributed by atoms with Crippen LogP contribution in [0.1, 0.15) is 12.5 Å². The Labute approximate surface area is 154 Å². The molecule has 0 spiro atoms. The Kier molecular flexibility index (Phi) is 6.03. The van der Waals surface area contributed by atoms with Crippen LogP contribution in [0.3, 0.4) is 0 Å². The zero-order valence-corrected chi connectivity index (χ0v) is 16.2. The van der Waals surface area contributed by atoms with Gasteiger partial charge in [0.25, 0.3) is 0 Å². The van der Waals surface area contributed by atoms with Crippen LogP contribution in [0.2, 0.25) is 5.02 Å². The van der Waals surface area contributed by atoms with Crippen molar-refractivity contribution in [3.8, 4) is 0 Å². The van der Waals surface area contributed by atoms with Crippen LogP contribution in [-0.4, -0.2) is 20.4 Å². The standard InChI is InChI=1S/C16H16BrClN2O3S/c1-10-9-12(17)3-8-15(10)19-16(21)11(2)20-24(22,23)14-6-4-13(18)5-7-14/h3-9,11,20H,1-2H3,(H,19,21). The Morgan fingerprint density at radius 3 is 2.38 bits per heavy atom. The van der Waals surface area contributed by atoms with Gasteiger partial charge in [0.2, 0.25) is 15.9 Å². The summed E-state index contributed by atoms with van der Waals surface area (Å²) in [6.45, 7) is 3.33. The largest absolute Gasteiger partial charge is 0.324 e. The summed E-state index contributed by atoms with van der Waals surface area (Å²) < 4.78 is 27.8. The van der Waals surface area contributed by atoms with Crippen LogP contribution in [0.25, 0.3) is 0 Å². The maximum absolute atomic E-state index is 12.3. The SMILES string of the molecule is Cc1cc(Br)ccc1NC(=O)C(C)NS(=O)(=O)c1ccc(Cl)cc1. The van der Waals surface area contributed by atoms with Gasteiger partial charge in [-0.05, 0) is 61.9 Å². The summed E-state index contributed by atoms with van der Waals surface area (Å²) in [5, 5.41) is 3.15. The number of aryl methyl sites for hydroxylation is 1. The number of benzene rings is 2. The third kappa shape index (κ3) is 4.80. The minimum Gasteiger partial charge on any atom is -0.324 e. The van der Waals surface area contributed by atoms with Crippen molar-refractivity contribution in [1.29, 1.82) is 0 Å². The number of carbonyl (C=O) groups excluding carboxylic acids is 1. The molecular formula is C16H16BrClN2O3S. The molecule has 2 N–H and O–H groups in total. The summed E-state index contributed by atoms with van der Waals surface area (Å²) in [4.78, 5) is 12.3. The van der Waals surface area contributed by atoms with Crippen molar-refractivity contribution >= 4 is 49.1 Å². The van der Waals surface area contributed by atoms with Crippen molar-refractivity contribution < 1.29 is 13.2 Å². The summed E-state index contributed by atoms with van der Waals surface area (Å²) in [5.74, 6) is -0.446. The van der Waals surface area contributed by atoms with Gasteiger partial charge in [0, 0.05) is 15.2 Å². The highest BCUT2D eigenvalue weighted by Crippen LogP contribution is 2.20. The van der Waals surface area contributed by atoms with E-state index in [0.717, 1.165) is 10.0 Å². The van der Waals surface area contributed by atoms with Gasteiger partial charge in [-0.2, -0.15) is 4.72 Å². The van der Waals surface area contributed by atoms with Gasteiger partial charge in [0.1, 0.15) is 0 Å². The van der Waals surface area contributed by atoms with Crippen molar-refractivity contribution in [3.05, 3.63) is 57.5 Å². The lowest BCUT2D eigenvalue weighted by Crippen LogP contribution is -2.41. The molecule has 2 rings (SSSR count). The monoisotopic (exact) mass is 430 g/mol. The second-order valence-electron chi connectivity index (χ2n) is 5.25. The molecule has 0 radical (unpaired) electrons. The van der Waals surface area contributed by atoms with Crippen molar-refractivity contribution in [1.82, 2.24) is 4.72 Å². The lowest BCUT2D eigenvalue weighted by atomic mass is 10.2. The van der Waals surface area contributed by atoms with Gasteiger partial charge in [-0.3, -0.25) is 4.79 Å². The van der Waals surface area contributed by atoms with Gasteiger partial charge in [-0.15, -0.1) is 0 Å². The van der Waals surface area contributed by atoms with E-state index < -0.39 is 22.0 Å². The number of carbonyl (C=O) groups is 1. The van der Waals surface area contributed by atoms with E-state index in [4.69, 9.17) is 11.6 Å². The van der Waals surface area contributed by atoms with Gasteiger partial charge >= 0.3 is 0 Å². The van der Waals surface area contributed by atoms with Gasteiger partial charge in [0.05, 0.1) is 10.9 Å². The number of halogens is 2. The van der Waals surface area contributed by atoms with Crippen LogP contribution in [0.5, 0.6) is 0 Å².